The third-order valence-corrected chi connectivity index (χ3v) is 31.3. The molecule has 6 amide bonds. The van der Waals surface area contributed by atoms with Crippen molar-refractivity contribution in [2.45, 2.75) is 234 Å². The molecule has 0 radical (unpaired) electrons. The second-order valence-corrected chi connectivity index (χ2v) is 41.2. The number of thiazole rings is 2. The molecule has 8 aromatic rings. The number of hydrogen-bond acceptors (Lipinski definition) is 22. The SMILES string of the molecule is COc1ccc2c(OC3C[C@@H](C(N)=O)N(C(=O)[C@H](CCCCC/C(=C\[C@@H]4C[C@@H]4C(=O)NS(=O)(=O)C4(C)CC4)CC(C)c4csc(-c5cc(O[C@@H]6C[C@@H](C(N)=O)N(C(=O)[C@H](CCCCC/C=C\[C@@H]7C[C@@H]7C(=O)NS(=O)(=O)C7(C)CC7)Nc7cccc(F)c7)C6)c6ccc(OC)c(C)c6n5)n4)Nc4cccc(C(F)(F)F)c4)C3)cc(-c3nc(C(C)C)cs3)nc2c1C. The van der Waals surface area contributed by atoms with Gasteiger partial charge in [0, 0.05) is 86.8 Å². The normalized spacial score (nSPS) is 21.5. The van der Waals surface area contributed by atoms with Gasteiger partial charge in [-0.2, -0.15) is 13.2 Å². The molecule has 4 aliphatic carbocycles. The van der Waals surface area contributed by atoms with Crippen LogP contribution < -0.4 is 50.5 Å². The zero-order chi connectivity index (χ0) is 89.4. The van der Waals surface area contributed by atoms with Crippen molar-refractivity contribution in [2.24, 2.45) is 35.1 Å². The van der Waals surface area contributed by atoms with Gasteiger partial charge in [-0.15, -0.1) is 22.7 Å². The third kappa shape index (κ3) is 21.0. The number of alkyl halides is 3. The highest BCUT2D eigenvalue weighted by Gasteiger charge is 2.55. The molecule has 14 rings (SSSR count). The molecule has 2 unspecified atom stereocenters. The van der Waals surface area contributed by atoms with E-state index in [-0.39, 0.29) is 61.7 Å². The van der Waals surface area contributed by atoms with Gasteiger partial charge in [0.05, 0.1) is 64.8 Å². The van der Waals surface area contributed by atoms with Gasteiger partial charge in [-0.25, -0.2) is 41.2 Å². The molecule has 0 bridgehead atoms. The number of pyridine rings is 2. The quantitative estimate of drug-likeness (QED) is 0.0118. The Morgan fingerprint density at radius 1 is 0.600 bits per heavy atom. The fourth-order valence-corrected chi connectivity index (χ4v) is 21.2. The van der Waals surface area contributed by atoms with E-state index in [9.17, 15) is 58.4 Å². The van der Waals surface area contributed by atoms with Crippen molar-refractivity contribution in [2.75, 3.05) is 37.9 Å². The number of sulfonamides is 2. The summed E-state index contributed by atoms with van der Waals surface area (Å²) in [5.74, 6) is -3.54. The number of ether oxygens (including phenoxy) is 4. The average Bonchev–Trinajstić information content (AvgIpc) is 1.59. The lowest BCUT2D eigenvalue weighted by Gasteiger charge is -2.28. The Kier molecular flexibility index (Phi) is 27.1. The number of nitrogens with two attached hydrogens (primary N) is 2. The standard InChI is InChI=1S/C91H108F4N12O14S4/c1-50(2)71-48-122-85(102-71)69-44-77(63-28-30-75(118-8)52(4)79(63)100-69)120-61-42-73(81(96)108)106(46-61)87(112)67(98-59-24-18-22-57(40-59)91(93,94)95)27-17-13-14-20-54(37-56-39-66(56)84(111)105-125(116,117)90(7)34-35-90)36-51(3)72-49-123-86(103-72)70-45-78(64-29-31-76(119-9)53(5)80(64)101-70)121-62-43-74(82(97)109)107(47-62)88(113)68(99-60-25-19-23-58(92)41-60)26-16-12-10-11-15-21-55-38-65(55)83(110)104-124(114,115)89(6)32-33-89/h15,18-19,21-25,28-31,37,40-41,44-45,48-51,55-56,61-62,65-68,73-74,98-99H,10-14,16-17,20,26-27,32-36,38-39,42-43,46-47H2,1-9H3,(H2,96,108)(H2,97,109)(H,104,110)(H,105,111)/b21-15-,54-37+/t51?,55-,56-,61?,62-,65+,66+,67+,68+,73+,74+/m1/s1. The molecule has 4 aromatic heterocycles. The smallest absolute Gasteiger partial charge is 0.416 e. The van der Waals surface area contributed by atoms with E-state index in [1.165, 1.54) is 62.8 Å². The van der Waals surface area contributed by atoms with Crippen LogP contribution >= 0.6 is 22.7 Å². The summed E-state index contributed by atoms with van der Waals surface area (Å²) in [5.41, 5.74) is 17.9. The van der Waals surface area contributed by atoms with Crippen LogP contribution in [0.5, 0.6) is 23.0 Å². The van der Waals surface area contributed by atoms with Gasteiger partial charge in [0.1, 0.15) is 86.6 Å². The molecule has 6 heterocycles. The van der Waals surface area contributed by atoms with Crippen LogP contribution in [0, 0.1) is 43.3 Å². The van der Waals surface area contributed by atoms with Crippen LogP contribution in [0.15, 0.2) is 119 Å². The van der Waals surface area contributed by atoms with Gasteiger partial charge in [-0.3, -0.25) is 38.2 Å². The van der Waals surface area contributed by atoms with Crippen molar-refractivity contribution in [1.29, 1.82) is 0 Å². The number of carbonyl (C=O) groups excluding carboxylic acids is 6. The van der Waals surface area contributed by atoms with E-state index >= 15 is 4.79 Å². The summed E-state index contributed by atoms with van der Waals surface area (Å²) in [6, 6.07) is 16.9. The highest BCUT2D eigenvalue weighted by molar-refractivity contribution is 7.92. The minimum atomic E-state index is -4.70. The van der Waals surface area contributed by atoms with E-state index < -0.39 is 131 Å². The molecule has 34 heteroatoms. The Hall–Kier alpha value is -10.3. The second-order valence-electron chi connectivity index (χ2n) is 35.1. The number of fused-ring (bicyclic) bond motifs is 2. The molecule has 11 atom stereocenters. The number of aromatic nitrogens is 4. The summed E-state index contributed by atoms with van der Waals surface area (Å²) in [6.07, 6.45) is 8.27. The van der Waals surface area contributed by atoms with Crippen LogP contribution in [0.3, 0.4) is 0 Å². The van der Waals surface area contributed by atoms with Gasteiger partial charge in [0.15, 0.2) is 0 Å². The fourth-order valence-electron chi connectivity index (χ4n) is 16.7. The minimum absolute atomic E-state index is 0.00903. The number of likely N-dealkylation sites (tertiary alicyclic amines) is 2. The number of carbonyl (C=O) groups is 6. The van der Waals surface area contributed by atoms with Crippen LogP contribution in [0.1, 0.15) is 197 Å². The average molecular weight is 1800 g/mol. The zero-order valence-electron chi connectivity index (χ0n) is 71.4. The highest BCUT2D eigenvalue weighted by atomic mass is 32.2. The number of hydrogen-bond donors (Lipinski definition) is 6. The van der Waals surface area contributed by atoms with Crippen molar-refractivity contribution in [3.8, 4) is 44.4 Å². The molecule has 2 aliphatic heterocycles. The van der Waals surface area contributed by atoms with Crippen molar-refractivity contribution < 1.29 is 82.1 Å². The summed E-state index contributed by atoms with van der Waals surface area (Å²) in [6.45, 7) is 13.0. The molecular formula is C91H108F4N12O14S4. The molecule has 2 saturated heterocycles. The van der Waals surface area contributed by atoms with Crippen LogP contribution in [0.4, 0.5) is 28.9 Å². The van der Waals surface area contributed by atoms with Crippen LogP contribution in [0.25, 0.3) is 43.2 Å². The van der Waals surface area contributed by atoms with E-state index in [2.05, 4.69) is 20.1 Å². The number of allylic oxidation sites excluding steroid dienone is 4. The largest absolute Gasteiger partial charge is 0.496 e. The number of unbranched alkanes of at least 4 members (excludes halogenated alkanes) is 5. The van der Waals surface area contributed by atoms with Gasteiger partial charge < -0.3 is 50.8 Å². The number of nitrogens with one attached hydrogen (secondary N) is 4. The Morgan fingerprint density at radius 2 is 1.08 bits per heavy atom. The van der Waals surface area contributed by atoms with Gasteiger partial charge in [0.2, 0.25) is 55.5 Å². The molecular weight excluding hydrogens is 1690 g/mol. The van der Waals surface area contributed by atoms with E-state index in [4.69, 9.17) is 50.4 Å². The zero-order valence-corrected chi connectivity index (χ0v) is 74.7. The molecule has 26 nitrogen and oxygen atoms in total. The molecule has 6 fully saturated rings. The van der Waals surface area contributed by atoms with Crippen molar-refractivity contribution in [1.82, 2.24) is 39.2 Å². The first kappa shape index (κ1) is 90.9. The number of anilines is 2. The van der Waals surface area contributed by atoms with Crippen molar-refractivity contribution in [3.05, 3.63) is 153 Å². The highest BCUT2D eigenvalue weighted by Crippen LogP contribution is 2.49. The first-order chi connectivity index (χ1) is 59.4. The maximum Gasteiger partial charge on any atom is 0.416 e. The lowest BCUT2D eigenvalue weighted by atomic mass is 9.93. The summed E-state index contributed by atoms with van der Waals surface area (Å²) in [5, 5.41) is 12.7. The second kappa shape index (κ2) is 37.3. The number of amides is 6. The van der Waals surface area contributed by atoms with Crippen LogP contribution in [-0.2, 0) is 55.0 Å². The lowest BCUT2D eigenvalue weighted by Crippen LogP contribution is -2.49. The first-order valence-electron chi connectivity index (χ1n) is 42.8. The number of primary amides is 2. The Morgan fingerprint density at radius 3 is 1.56 bits per heavy atom. The Labute approximate surface area is 733 Å². The van der Waals surface area contributed by atoms with Crippen LogP contribution in [0.2, 0.25) is 0 Å². The maximum absolute atomic E-state index is 15.3. The number of nitrogens with zero attached hydrogens (tertiary/aromatic N) is 6. The van der Waals surface area contributed by atoms with Gasteiger partial charge in [-0.05, 0) is 190 Å². The number of benzene rings is 4. The predicted molar refractivity (Wildman–Crippen MR) is 472 cm³/mol. The fraction of sp³-hybridized carbons (Fsp3) is 0.495. The molecule has 4 aromatic carbocycles. The number of aryl methyl sites for hydroxylation is 2. The summed E-state index contributed by atoms with van der Waals surface area (Å²) < 4.78 is 138. The Balaban J connectivity index is 0.665. The summed E-state index contributed by atoms with van der Waals surface area (Å²) in [7, 11) is -4.52. The molecule has 6 aliphatic rings. The van der Waals surface area contributed by atoms with Gasteiger partial charge in [0.25, 0.3) is 0 Å². The maximum atomic E-state index is 15.3. The number of rotatable bonds is 40. The summed E-state index contributed by atoms with van der Waals surface area (Å²) in [4.78, 5) is 107. The summed E-state index contributed by atoms with van der Waals surface area (Å²) >= 11 is 2.79. The van der Waals surface area contributed by atoms with Gasteiger partial charge >= 0.3 is 6.18 Å². The molecule has 4 saturated carbocycles. The topological polar surface area (TPSA) is 366 Å². The monoisotopic (exact) mass is 1800 g/mol. The minimum Gasteiger partial charge on any atom is -0.496 e. The van der Waals surface area contributed by atoms with Gasteiger partial charge in [-0.1, -0.05) is 82.4 Å². The lowest BCUT2D eigenvalue weighted by molar-refractivity contribution is -0.138. The van der Waals surface area contributed by atoms with E-state index in [0.29, 0.717) is 179 Å². The molecule has 125 heavy (non-hydrogen) atoms. The molecule has 0 spiro atoms. The molecule has 668 valence electrons. The Bertz CT molecular complexity index is 5740. The predicted octanol–water partition coefficient (Wildman–Crippen LogP) is 15.4. The van der Waals surface area contributed by atoms with Crippen molar-refractivity contribution >= 4 is 111 Å². The molecule has 8 N–H and O–H groups in total. The van der Waals surface area contributed by atoms with Crippen LogP contribution in [-0.4, -0.2) is 155 Å². The third-order valence-electron chi connectivity index (χ3n) is 25.2. The number of methoxy groups -OCH3 is 2. The van der Waals surface area contributed by atoms with Crippen molar-refractivity contribution in [3.63, 3.8) is 0 Å². The number of halogens is 4. The van der Waals surface area contributed by atoms with E-state index in [0.717, 1.165) is 35.4 Å². The van der Waals surface area contributed by atoms with E-state index in [1.54, 1.807) is 58.4 Å². The van der Waals surface area contributed by atoms with E-state index in [1.807, 2.05) is 75.7 Å². The first-order valence-corrected chi connectivity index (χ1v) is 47.5.